The highest BCUT2D eigenvalue weighted by atomic mass is 15.0. The van der Waals surface area contributed by atoms with Gasteiger partial charge in [-0.1, -0.05) is 20.3 Å². The molecule has 1 fully saturated rings. The van der Waals surface area contributed by atoms with E-state index >= 15 is 0 Å². The molecule has 80 valence electrons. The molecular weight excluding hydrogens is 172 g/mol. The Hall–Kier alpha value is -0.550. The number of nitriles is 1. The van der Waals surface area contributed by atoms with Crippen LogP contribution in [0.3, 0.4) is 0 Å². The van der Waals surface area contributed by atoms with Crippen molar-refractivity contribution in [3.63, 3.8) is 0 Å². The van der Waals surface area contributed by atoms with Crippen molar-refractivity contribution < 1.29 is 0 Å². The third-order valence-electron chi connectivity index (χ3n) is 3.35. The van der Waals surface area contributed by atoms with Crippen LogP contribution in [0.1, 0.15) is 47.0 Å². The number of nitrogens with zero attached hydrogens (tertiary/aromatic N) is 1. The second-order valence-corrected chi connectivity index (χ2v) is 5.17. The molecule has 1 aliphatic carbocycles. The van der Waals surface area contributed by atoms with Crippen LogP contribution in [0.25, 0.3) is 0 Å². The summed E-state index contributed by atoms with van der Waals surface area (Å²) in [6.45, 7) is 8.68. The number of rotatable bonds is 2. The standard InChI is InChI=1S/C12H22N2/c1-9(2)14-12(8-13)7-10(3)5-6-11(12)4/h9-11,14H,5-7H2,1-4H3. The first-order valence-electron chi connectivity index (χ1n) is 5.69. The highest BCUT2D eigenvalue weighted by molar-refractivity contribution is 5.12. The first-order chi connectivity index (χ1) is 6.50. The minimum absolute atomic E-state index is 0.272. The largest absolute Gasteiger partial charge is 0.297 e. The van der Waals surface area contributed by atoms with E-state index in [2.05, 4.69) is 39.1 Å². The Morgan fingerprint density at radius 3 is 2.50 bits per heavy atom. The molecule has 0 aromatic heterocycles. The summed E-state index contributed by atoms with van der Waals surface area (Å²) in [5, 5.41) is 12.8. The molecule has 0 spiro atoms. The van der Waals surface area contributed by atoms with Crippen molar-refractivity contribution in [2.75, 3.05) is 0 Å². The van der Waals surface area contributed by atoms with E-state index in [0.717, 1.165) is 6.42 Å². The average molecular weight is 194 g/mol. The summed E-state index contributed by atoms with van der Waals surface area (Å²) in [6, 6.07) is 2.91. The van der Waals surface area contributed by atoms with Crippen molar-refractivity contribution in [3.8, 4) is 6.07 Å². The highest BCUT2D eigenvalue weighted by Crippen LogP contribution is 2.36. The topological polar surface area (TPSA) is 35.8 Å². The molecule has 0 saturated heterocycles. The molecule has 1 aliphatic rings. The van der Waals surface area contributed by atoms with Crippen LogP contribution in [0.5, 0.6) is 0 Å². The zero-order chi connectivity index (χ0) is 10.8. The number of nitrogens with one attached hydrogen (secondary N) is 1. The van der Waals surface area contributed by atoms with Crippen molar-refractivity contribution in [3.05, 3.63) is 0 Å². The molecule has 1 N–H and O–H groups in total. The normalized spacial score (nSPS) is 38.3. The summed E-state index contributed by atoms with van der Waals surface area (Å²) in [4.78, 5) is 0. The van der Waals surface area contributed by atoms with Gasteiger partial charge in [-0.25, -0.2) is 0 Å². The lowest BCUT2D eigenvalue weighted by Crippen LogP contribution is -2.55. The molecule has 0 heterocycles. The fourth-order valence-electron chi connectivity index (χ4n) is 2.54. The van der Waals surface area contributed by atoms with Crippen LogP contribution in [0.2, 0.25) is 0 Å². The Morgan fingerprint density at radius 2 is 2.00 bits per heavy atom. The van der Waals surface area contributed by atoms with E-state index in [1.807, 2.05) is 0 Å². The zero-order valence-corrected chi connectivity index (χ0v) is 9.80. The summed E-state index contributed by atoms with van der Waals surface area (Å²) >= 11 is 0. The summed E-state index contributed by atoms with van der Waals surface area (Å²) < 4.78 is 0. The van der Waals surface area contributed by atoms with Gasteiger partial charge < -0.3 is 0 Å². The van der Waals surface area contributed by atoms with Gasteiger partial charge in [0.1, 0.15) is 5.54 Å². The van der Waals surface area contributed by atoms with Gasteiger partial charge in [-0.2, -0.15) is 5.26 Å². The highest BCUT2D eigenvalue weighted by Gasteiger charge is 2.40. The molecule has 14 heavy (non-hydrogen) atoms. The lowest BCUT2D eigenvalue weighted by atomic mass is 9.70. The smallest absolute Gasteiger partial charge is 0.109 e. The van der Waals surface area contributed by atoms with Crippen molar-refractivity contribution in [2.24, 2.45) is 11.8 Å². The molecule has 0 aliphatic heterocycles. The lowest BCUT2D eigenvalue weighted by Gasteiger charge is -2.41. The van der Waals surface area contributed by atoms with Crippen molar-refractivity contribution >= 4 is 0 Å². The maximum atomic E-state index is 9.37. The van der Waals surface area contributed by atoms with Gasteiger partial charge in [0.05, 0.1) is 6.07 Å². The van der Waals surface area contributed by atoms with Gasteiger partial charge in [0.25, 0.3) is 0 Å². The Kier molecular flexibility index (Phi) is 3.55. The summed E-state index contributed by atoms with van der Waals surface area (Å²) in [5.41, 5.74) is -0.272. The molecule has 0 radical (unpaired) electrons. The van der Waals surface area contributed by atoms with E-state index in [-0.39, 0.29) is 5.54 Å². The second-order valence-electron chi connectivity index (χ2n) is 5.17. The molecule has 0 bridgehead atoms. The maximum absolute atomic E-state index is 9.37. The van der Waals surface area contributed by atoms with Crippen LogP contribution in [0, 0.1) is 23.2 Å². The molecule has 3 unspecified atom stereocenters. The van der Waals surface area contributed by atoms with Crippen LogP contribution in [0.4, 0.5) is 0 Å². The van der Waals surface area contributed by atoms with Crippen LogP contribution in [-0.4, -0.2) is 11.6 Å². The van der Waals surface area contributed by atoms with Crippen molar-refractivity contribution in [2.45, 2.75) is 58.5 Å². The van der Waals surface area contributed by atoms with E-state index in [0.29, 0.717) is 17.9 Å². The Bertz CT molecular complexity index is 225. The van der Waals surface area contributed by atoms with E-state index in [1.165, 1.54) is 12.8 Å². The molecule has 0 aromatic carbocycles. The van der Waals surface area contributed by atoms with Gasteiger partial charge in [0.15, 0.2) is 0 Å². The minimum atomic E-state index is -0.272. The van der Waals surface area contributed by atoms with Crippen LogP contribution >= 0.6 is 0 Å². The fourth-order valence-corrected chi connectivity index (χ4v) is 2.54. The third-order valence-corrected chi connectivity index (χ3v) is 3.35. The van der Waals surface area contributed by atoms with E-state index < -0.39 is 0 Å². The monoisotopic (exact) mass is 194 g/mol. The molecule has 0 amide bonds. The molecule has 2 nitrogen and oxygen atoms in total. The predicted octanol–water partition coefficient (Wildman–Crippen LogP) is 2.70. The predicted molar refractivity (Wildman–Crippen MR) is 58.8 cm³/mol. The van der Waals surface area contributed by atoms with Gasteiger partial charge in [-0.15, -0.1) is 0 Å². The average Bonchev–Trinajstić information content (AvgIpc) is 2.10. The maximum Gasteiger partial charge on any atom is 0.109 e. The number of hydrogen-bond acceptors (Lipinski definition) is 2. The quantitative estimate of drug-likeness (QED) is 0.733. The Morgan fingerprint density at radius 1 is 1.36 bits per heavy atom. The van der Waals surface area contributed by atoms with Gasteiger partial charge in [0.2, 0.25) is 0 Å². The third kappa shape index (κ3) is 2.27. The minimum Gasteiger partial charge on any atom is -0.297 e. The Labute approximate surface area is 87.7 Å². The summed E-state index contributed by atoms with van der Waals surface area (Å²) in [7, 11) is 0. The first kappa shape index (κ1) is 11.5. The van der Waals surface area contributed by atoms with Gasteiger partial charge in [-0.3, -0.25) is 5.32 Å². The second kappa shape index (κ2) is 4.31. The summed E-state index contributed by atoms with van der Waals surface area (Å²) in [5.74, 6) is 1.16. The van der Waals surface area contributed by atoms with E-state index in [1.54, 1.807) is 0 Å². The molecule has 2 heteroatoms. The lowest BCUT2D eigenvalue weighted by molar-refractivity contribution is 0.160. The Balaban J connectivity index is 2.79. The SMILES string of the molecule is CC1CCC(C)C(C#N)(NC(C)C)C1. The summed E-state index contributed by atoms with van der Waals surface area (Å²) in [6.07, 6.45) is 3.45. The molecular formula is C12H22N2. The van der Waals surface area contributed by atoms with Gasteiger partial charge in [-0.05, 0) is 38.5 Å². The molecule has 1 rings (SSSR count). The van der Waals surface area contributed by atoms with Gasteiger partial charge in [0, 0.05) is 6.04 Å². The van der Waals surface area contributed by atoms with Crippen LogP contribution in [0.15, 0.2) is 0 Å². The van der Waals surface area contributed by atoms with Crippen LogP contribution in [-0.2, 0) is 0 Å². The molecule has 3 atom stereocenters. The number of hydrogen-bond donors (Lipinski definition) is 1. The first-order valence-corrected chi connectivity index (χ1v) is 5.69. The molecule has 0 aromatic rings. The van der Waals surface area contributed by atoms with Gasteiger partial charge >= 0.3 is 0 Å². The van der Waals surface area contributed by atoms with E-state index in [9.17, 15) is 5.26 Å². The zero-order valence-electron chi connectivity index (χ0n) is 9.80. The molecule has 1 saturated carbocycles. The van der Waals surface area contributed by atoms with E-state index in [4.69, 9.17) is 0 Å². The van der Waals surface area contributed by atoms with Crippen molar-refractivity contribution in [1.29, 1.82) is 5.26 Å². The van der Waals surface area contributed by atoms with Crippen LogP contribution < -0.4 is 5.32 Å². The fraction of sp³-hybridized carbons (Fsp3) is 0.917. The van der Waals surface area contributed by atoms with Crippen molar-refractivity contribution in [1.82, 2.24) is 5.32 Å².